The molecule has 1 aliphatic heterocycles. The van der Waals surface area contributed by atoms with Crippen LogP contribution in [0, 0.1) is 5.82 Å². The van der Waals surface area contributed by atoms with E-state index in [1.807, 2.05) is 42.3 Å². The lowest BCUT2D eigenvalue weighted by atomic mass is 10.00. The number of methoxy groups -OCH3 is 2. The number of carbonyl (C=O) groups is 1. The number of rotatable bonds is 10. The Morgan fingerprint density at radius 2 is 2.10 bits per heavy atom. The van der Waals surface area contributed by atoms with E-state index in [0.29, 0.717) is 55.2 Å². The Bertz CT molecular complexity index is 1510. The van der Waals surface area contributed by atoms with Crippen molar-refractivity contribution in [3.8, 4) is 22.8 Å². The van der Waals surface area contributed by atoms with E-state index < -0.39 is 5.82 Å². The summed E-state index contributed by atoms with van der Waals surface area (Å²) < 4.78 is 34.2. The first kappa shape index (κ1) is 27.5. The lowest BCUT2D eigenvalue weighted by Crippen LogP contribution is -2.48. The number of nitrogens with two attached hydrogens (primary N) is 1. The molecule has 5 rings (SSSR count). The summed E-state index contributed by atoms with van der Waals surface area (Å²) in [5.41, 5.74) is 9.28. The molecule has 4 aromatic rings. The summed E-state index contributed by atoms with van der Waals surface area (Å²) in [6.07, 6.45) is 4.72. The molecule has 0 saturated carbocycles. The zero-order valence-corrected chi connectivity index (χ0v) is 22.8. The molecule has 1 aliphatic rings. The summed E-state index contributed by atoms with van der Waals surface area (Å²) in [6, 6.07) is 10.6. The van der Waals surface area contributed by atoms with Gasteiger partial charge in [-0.2, -0.15) is 5.10 Å². The minimum absolute atomic E-state index is 0.0451. The first-order valence-corrected chi connectivity index (χ1v) is 13.0. The standard InChI is InChI=1S/C29H33FN6O4/c1-35(14-18-7-8-19(38-2)12-26(18)39-3)15-21-22(16-37)28(20-13-32-36-10-5-4-6-25(20)36)34-29(27(21)30)33-24-9-11-40-17-23(24)31/h4-8,10,12-13,16,23-24H,9,11,14-15,17,31H2,1-3H3,(H,33,34)/t23-,24?/m0/s1. The first-order chi connectivity index (χ1) is 19.4. The summed E-state index contributed by atoms with van der Waals surface area (Å²) in [6.45, 7) is 1.46. The van der Waals surface area contributed by atoms with Crippen molar-refractivity contribution in [1.82, 2.24) is 19.5 Å². The topological polar surface area (TPSA) is 116 Å². The fourth-order valence-electron chi connectivity index (χ4n) is 5.04. The number of aldehydes is 1. The largest absolute Gasteiger partial charge is 0.497 e. The van der Waals surface area contributed by atoms with E-state index in [1.54, 1.807) is 37.2 Å². The van der Waals surface area contributed by atoms with Gasteiger partial charge < -0.3 is 25.3 Å². The molecule has 10 nitrogen and oxygen atoms in total. The summed E-state index contributed by atoms with van der Waals surface area (Å²) in [5, 5.41) is 7.61. The lowest BCUT2D eigenvalue weighted by molar-refractivity contribution is 0.0751. The monoisotopic (exact) mass is 548 g/mol. The second-order valence-electron chi connectivity index (χ2n) is 9.85. The minimum Gasteiger partial charge on any atom is -0.497 e. The molecule has 3 aromatic heterocycles. The van der Waals surface area contributed by atoms with Crippen molar-refractivity contribution in [3.05, 3.63) is 71.3 Å². The van der Waals surface area contributed by atoms with Gasteiger partial charge in [-0.25, -0.2) is 13.9 Å². The number of nitrogens with zero attached hydrogens (tertiary/aromatic N) is 4. The third-order valence-corrected chi connectivity index (χ3v) is 7.16. The van der Waals surface area contributed by atoms with Crippen molar-refractivity contribution in [2.75, 3.05) is 39.8 Å². The maximum Gasteiger partial charge on any atom is 0.170 e. The molecule has 0 radical (unpaired) electrons. The SMILES string of the molecule is COc1ccc(CN(C)Cc2c(F)c(NC3CCOC[C@@H]3N)nc(-c3cnn4ccccc34)c2C=O)c(OC)c1. The van der Waals surface area contributed by atoms with E-state index in [1.165, 1.54) is 0 Å². The average Bonchev–Trinajstić information content (AvgIpc) is 3.40. The quantitative estimate of drug-likeness (QED) is 0.287. The van der Waals surface area contributed by atoms with Crippen LogP contribution in [0.3, 0.4) is 0 Å². The molecule has 40 heavy (non-hydrogen) atoms. The van der Waals surface area contributed by atoms with E-state index in [2.05, 4.69) is 15.4 Å². The second-order valence-corrected chi connectivity index (χ2v) is 9.85. The zero-order valence-electron chi connectivity index (χ0n) is 22.8. The Morgan fingerprint density at radius 1 is 1.25 bits per heavy atom. The Balaban J connectivity index is 1.56. The van der Waals surface area contributed by atoms with Gasteiger partial charge >= 0.3 is 0 Å². The van der Waals surface area contributed by atoms with Gasteiger partial charge in [0.15, 0.2) is 17.9 Å². The van der Waals surface area contributed by atoms with E-state index in [-0.39, 0.29) is 35.6 Å². The number of anilines is 1. The maximum atomic E-state index is 16.2. The molecule has 0 bridgehead atoms. The predicted molar refractivity (Wildman–Crippen MR) is 149 cm³/mol. The molecule has 3 N–H and O–H groups in total. The van der Waals surface area contributed by atoms with E-state index in [0.717, 1.165) is 11.1 Å². The molecule has 0 amide bonds. The van der Waals surface area contributed by atoms with Gasteiger partial charge in [0.1, 0.15) is 11.5 Å². The van der Waals surface area contributed by atoms with Gasteiger partial charge in [-0.15, -0.1) is 0 Å². The number of halogens is 1. The first-order valence-electron chi connectivity index (χ1n) is 13.0. The van der Waals surface area contributed by atoms with E-state index in [4.69, 9.17) is 19.9 Å². The zero-order chi connectivity index (χ0) is 28.2. The van der Waals surface area contributed by atoms with Crippen LogP contribution in [-0.2, 0) is 17.8 Å². The van der Waals surface area contributed by atoms with Crippen LogP contribution < -0.4 is 20.5 Å². The third kappa shape index (κ3) is 5.48. The summed E-state index contributed by atoms with van der Waals surface area (Å²) in [4.78, 5) is 19.1. The molecule has 1 fully saturated rings. The number of pyridine rings is 2. The van der Waals surface area contributed by atoms with Crippen molar-refractivity contribution in [2.45, 2.75) is 31.6 Å². The number of aromatic nitrogens is 3. The van der Waals surface area contributed by atoms with Crippen molar-refractivity contribution in [2.24, 2.45) is 5.73 Å². The van der Waals surface area contributed by atoms with Crippen LogP contribution in [0.1, 0.15) is 27.9 Å². The highest BCUT2D eigenvalue weighted by molar-refractivity contribution is 5.92. The van der Waals surface area contributed by atoms with Crippen molar-refractivity contribution < 1.29 is 23.4 Å². The molecule has 1 aromatic carbocycles. The molecule has 2 atom stereocenters. The Kier molecular flexibility index (Phi) is 8.24. The second kappa shape index (κ2) is 12.0. The van der Waals surface area contributed by atoms with Crippen molar-refractivity contribution in [3.63, 3.8) is 0 Å². The van der Waals surface area contributed by atoms with Crippen LogP contribution in [-0.4, -0.2) is 72.3 Å². The van der Waals surface area contributed by atoms with Crippen LogP contribution in [0.15, 0.2) is 48.8 Å². The minimum atomic E-state index is -0.588. The number of benzene rings is 1. The van der Waals surface area contributed by atoms with Crippen LogP contribution >= 0.6 is 0 Å². The number of nitrogens with one attached hydrogen (secondary N) is 1. The molecule has 1 saturated heterocycles. The summed E-state index contributed by atoms with van der Waals surface area (Å²) >= 11 is 0. The maximum absolute atomic E-state index is 16.2. The summed E-state index contributed by atoms with van der Waals surface area (Å²) in [5.74, 6) is 0.782. The van der Waals surface area contributed by atoms with Crippen LogP contribution in [0.25, 0.3) is 16.8 Å². The molecule has 0 aliphatic carbocycles. The Morgan fingerprint density at radius 3 is 2.85 bits per heavy atom. The summed E-state index contributed by atoms with van der Waals surface area (Å²) in [7, 11) is 5.04. The molecule has 0 spiro atoms. The highest BCUT2D eigenvalue weighted by Gasteiger charge is 2.28. The van der Waals surface area contributed by atoms with Crippen LogP contribution in [0.2, 0.25) is 0 Å². The molecule has 210 valence electrons. The normalized spacial score (nSPS) is 17.2. The van der Waals surface area contributed by atoms with Gasteiger partial charge in [0, 0.05) is 66.3 Å². The molecular weight excluding hydrogens is 515 g/mol. The van der Waals surface area contributed by atoms with Gasteiger partial charge in [-0.05, 0) is 31.7 Å². The smallest absolute Gasteiger partial charge is 0.170 e. The van der Waals surface area contributed by atoms with Gasteiger partial charge in [0.2, 0.25) is 0 Å². The van der Waals surface area contributed by atoms with Crippen LogP contribution in [0.4, 0.5) is 10.2 Å². The van der Waals surface area contributed by atoms with Crippen molar-refractivity contribution in [1.29, 1.82) is 0 Å². The highest BCUT2D eigenvalue weighted by Crippen LogP contribution is 2.33. The average molecular weight is 549 g/mol. The highest BCUT2D eigenvalue weighted by atomic mass is 19.1. The molecule has 1 unspecified atom stereocenters. The van der Waals surface area contributed by atoms with E-state index in [9.17, 15) is 4.79 Å². The molecule has 11 heteroatoms. The molecule has 4 heterocycles. The molecular formula is C29H33FN6O4. The van der Waals surface area contributed by atoms with Gasteiger partial charge in [0.25, 0.3) is 0 Å². The van der Waals surface area contributed by atoms with Crippen molar-refractivity contribution >= 4 is 17.6 Å². The third-order valence-electron chi connectivity index (χ3n) is 7.16. The Labute approximate surface area is 231 Å². The fraction of sp³-hybridized carbons (Fsp3) is 0.345. The van der Waals surface area contributed by atoms with Gasteiger partial charge in [-0.3, -0.25) is 9.69 Å². The number of hydrogen-bond donors (Lipinski definition) is 2. The predicted octanol–water partition coefficient (Wildman–Crippen LogP) is 3.53. The van der Waals surface area contributed by atoms with Crippen LogP contribution in [0.5, 0.6) is 11.5 Å². The lowest BCUT2D eigenvalue weighted by Gasteiger charge is -2.30. The number of carbonyl (C=O) groups excluding carboxylic acids is 1. The number of fused-ring (bicyclic) bond motifs is 1. The fourth-order valence-corrected chi connectivity index (χ4v) is 5.04. The Hall–Kier alpha value is -4.06. The number of ether oxygens (including phenoxy) is 3. The van der Waals surface area contributed by atoms with E-state index >= 15 is 4.39 Å². The van der Waals surface area contributed by atoms with Gasteiger partial charge in [0.05, 0.1) is 38.2 Å². The van der Waals surface area contributed by atoms with Gasteiger partial charge in [-0.1, -0.05) is 12.1 Å². The number of hydrogen-bond acceptors (Lipinski definition) is 9.